The average molecular weight is 265 g/mol. The molecule has 0 bridgehead atoms. The van der Waals surface area contributed by atoms with Crippen molar-refractivity contribution in [3.63, 3.8) is 0 Å². The van der Waals surface area contributed by atoms with Crippen LogP contribution in [-0.4, -0.2) is 31.3 Å². The number of ether oxygens (including phenoxy) is 1. The van der Waals surface area contributed by atoms with Gasteiger partial charge in [-0.3, -0.25) is 4.79 Å². The molecule has 0 aliphatic rings. The van der Waals surface area contributed by atoms with Gasteiger partial charge in [-0.15, -0.1) is 0 Å². The number of benzene rings is 1. The Kier molecular flexibility index (Phi) is 7.66. The number of carboxylic acid groups (broad SMARTS) is 1. The van der Waals surface area contributed by atoms with Crippen LogP contribution in [0.5, 0.6) is 5.75 Å². The Morgan fingerprint density at radius 2 is 1.89 bits per heavy atom. The maximum atomic E-state index is 10.3. The molecule has 0 amide bonds. The summed E-state index contributed by atoms with van der Waals surface area (Å²) in [6, 6.07) is 8.10. The van der Waals surface area contributed by atoms with Gasteiger partial charge < -0.3 is 15.2 Å². The molecule has 106 valence electrons. The van der Waals surface area contributed by atoms with Crippen molar-refractivity contribution in [3.8, 4) is 5.75 Å². The molecule has 0 radical (unpaired) electrons. The van der Waals surface area contributed by atoms with Gasteiger partial charge in [0.1, 0.15) is 5.75 Å². The first-order valence-corrected chi connectivity index (χ1v) is 6.78. The zero-order chi connectivity index (χ0) is 13.9. The number of carboxylic acids is 1. The Morgan fingerprint density at radius 3 is 2.53 bits per heavy atom. The molecule has 0 aliphatic carbocycles. The molecule has 0 fully saturated rings. The van der Waals surface area contributed by atoms with E-state index in [2.05, 4.69) is 17.4 Å². The van der Waals surface area contributed by atoms with E-state index in [9.17, 15) is 4.79 Å². The molecule has 2 N–H and O–H groups in total. The van der Waals surface area contributed by atoms with E-state index < -0.39 is 5.97 Å². The Labute approximate surface area is 114 Å². The van der Waals surface area contributed by atoms with Crippen molar-refractivity contribution in [1.29, 1.82) is 0 Å². The number of hydrogen-bond donors (Lipinski definition) is 2. The first-order valence-electron chi connectivity index (χ1n) is 6.78. The van der Waals surface area contributed by atoms with Crippen molar-refractivity contribution in [2.75, 3.05) is 20.2 Å². The monoisotopic (exact) mass is 265 g/mol. The topological polar surface area (TPSA) is 58.6 Å². The minimum atomic E-state index is -0.701. The van der Waals surface area contributed by atoms with Crippen molar-refractivity contribution in [2.24, 2.45) is 0 Å². The predicted octanol–water partition coefficient (Wildman–Crippen LogP) is 2.47. The smallest absolute Gasteiger partial charge is 0.303 e. The summed E-state index contributed by atoms with van der Waals surface area (Å²) in [6.45, 7) is 1.90. The second-order valence-electron chi connectivity index (χ2n) is 4.55. The van der Waals surface area contributed by atoms with Crippen LogP contribution in [0.1, 0.15) is 31.2 Å². The second kappa shape index (κ2) is 9.39. The molecular weight excluding hydrogens is 242 g/mol. The number of aliphatic carboxylic acids is 1. The normalized spacial score (nSPS) is 10.4. The Bertz CT molecular complexity index is 362. The summed E-state index contributed by atoms with van der Waals surface area (Å²) >= 11 is 0. The highest BCUT2D eigenvalue weighted by Gasteiger charge is 1.97. The molecule has 4 nitrogen and oxygen atoms in total. The number of unbranched alkanes of at least 4 members (excludes halogenated alkanes) is 2. The van der Waals surface area contributed by atoms with E-state index in [1.54, 1.807) is 7.11 Å². The molecule has 0 saturated heterocycles. The van der Waals surface area contributed by atoms with E-state index >= 15 is 0 Å². The van der Waals surface area contributed by atoms with Gasteiger partial charge in [0.05, 0.1) is 7.11 Å². The third-order valence-electron chi connectivity index (χ3n) is 2.99. The molecule has 0 aliphatic heterocycles. The van der Waals surface area contributed by atoms with Crippen molar-refractivity contribution >= 4 is 5.97 Å². The summed E-state index contributed by atoms with van der Waals surface area (Å²) in [5.74, 6) is 0.183. The average Bonchev–Trinajstić information content (AvgIpc) is 2.42. The van der Waals surface area contributed by atoms with Crippen LogP contribution in [0, 0.1) is 0 Å². The molecule has 1 aromatic rings. The third-order valence-corrected chi connectivity index (χ3v) is 2.99. The lowest BCUT2D eigenvalue weighted by atomic mass is 10.1. The summed E-state index contributed by atoms with van der Waals surface area (Å²) in [7, 11) is 1.67. The molecule has 1 rings (SSSR count). The fraction of sp³-hybridized carbons (Fsp3) is 0.533. The van der Waals surface area contributed by atoms with Crippen LogP contribution in [0.4, 0.5) is 0 Å². The van der Waals surface area contributed by atoms with Gasteiger partial charge in [0.15, 0.2) is 0 Å². The van der Waals surface area contributed by atoms with E-state index in [1.165, 1.54) is 5.56 Å². The van der Waals surface area contributed by atoms with Gasteiger partial charge in [0.25, 0.3) is 0 Å². The van der Waals surface area contributed by atoms with Crippen LogP contribution in [0.3, 0.4) is 0 Å². The lowest BCUT2D eigenvalue weighted by molar-refractivity contribution is -0.137. The molecule has 0 spiro atoms. The van der Waals surface area contributed by atoms with Crippen LogP contribution in [0.15, 0.2) is 24.3 Å². The second-order valence-corrected chi connectivity index (χ2v) is 4.55. The van der Waals surface area contributed by atoms with Crippen LogP contribution in [0.25, 0.3) is 0 Å². The zero-order valence-electron chi connectivity index (χ0n) is 11.5. The van der Waals surface area contributed by atoms with Crippen molar-refractivity contribution < 1.29 is 14.6 Å². The quantitative estimate of drug-likeness (QED) is 0.638. The highest BCUT2D eigenvalue weighted by atomic mass is 16.5. The SMILES string of the molecule is COc1ccc(CCNCCCCCC(=O)O)cc1. The van der Waals surface area contributed by atoms with Crippen LogP contribution in [0.2, 0.25) is 0 Å². The van der Waals surface area contributed by atoms with Crippen molar-refractivity contribution in [1.82, 2.24) is 5.32 Å². The first kappa shape index (κ1) is 15.5. The van der Waals surface area contributed by atoms with Gasteiger partial charge in [0.2, 0.25) is 0 Å². The zero-order valence-corrected chi connectivity index (χ0v) is 11.5. The molecule has 0 unspecified atom stereocenters. The fourth-order valence-corrected chi connectivity index (χ4v) is 1.85. The summed E-state index contributed by atoms with van der Waals surface area (Å²) in [5, 5.41) is 11.9. The standard InChI is InChI=1S/C15H23NO3/c1-19-14-8-6-13(7-9-14)10-12-16-11-4-2-3-5-15(17)18/h6-9,16H,2-5,10-12H2,1H3,(H,17,18). The number of rotatable bonds is 10. The number of carbonyl (C=O) groups is 1. The molecule has 0 aromatic heterocycles. The van der Waals surface area contributed by atoms with Crippen molar-refractivity contribution in [3.05, 3.63) is 29.8 Å². The minimum Gasteiger partial charge on any atom is -0.497 e. The maximum Gasteiger partial charge on any atom is 0.303 e. The van der Waals surface area contributed by atoms with E-state index in [1.807, 2.05) is 12.1 Å². The summed E-state index contributed by atoms with van der Waals surface area (Å²) in [6.07, 6.45) is 4.07. The largest absolute Gasteiger partial charge is 0.497 e. The highest BCUT2D eigenvalue weighted by Crippen LogP contribution is 2.11. The Hall–Kier alpha value is -1.55. The van der Waals surface area contributed by atoms with E-state index in [0.717, 1.165) is 44.5 Å². The van der Waals surface area contributed by atoms with E-state index in [0.29, 0.717) is 0 Å². The molecule has 4 heteroatoms. The summed E-state index contributed by atoms with van der Waals surface area (Å²) in [4.78, 5) is 10.3. The van der Waals surface area contributed by atoms with E-state index in [-0.39, 0.29) is 6.42 Å². The first-order chi connectivity index (χ1) is 9.22. The van der Waals surface area contributed by atoms with Gasteiger partial charge >= 0.3 is 5.97 Å². The maximum absolute atomic E-state index is 10.3. The predicted molar refractivity (Wildman–Crippen MR) is 75.7 cm³/mol. The van der Waals surface area contributed by atoms with Crippen LogP contribution in [-0.2, 0) is 11.2 Å². The van der Waals surface area contributed by atoms with Gasteiger partial charge in [-0.1, -0.05) is 18.6 Å². The molecular formula is C15H23NO3. The van der Waals surface area contributed by atoms with Gasteiger partial charge in [-0.05, 0) is 50.0 Å². The molecule has 1 aromatic carbocycles. The molecule has 0 heterocycles. The minimum absolute atomic E-state index is 0.284. The van der Waals surface area contributed by atoms with Gasteiger partial charge in [-0.25, -0.2) is 0 Å². The van der Waals surface area contributed by atoms with Gasteiger partial charge in [-0.2, -0.15) is 0 Å². The third kappa shape index (κ3) is 7.47. The Morgan fingerprint density at radius 1 is 1.16 bits per heavy atom. The summed E-state index contributed by atoms with van der Waals surface area (Å²) in [5.41, 5.74) is 1.29. The highest BCUT2D eigenvalue weighted by molar-refractivity contribution is 5.66. The van der Waals surface area contributed by atoms with Crippen LogP contribution < -0.4 is 10.1 Å². The summed E-state index contributed by atoms with van der Waals surface area (Å²) < 4.78 is 5.11. The number of hydrogen-bond acceptors (Lipinski definition) is 3. The Balaban J connectivity index is 1.99. The number of methoxy groups -OCH3 is 1. The van der Waals surface area contributed by atoms with E-state index in [4.69, 9.17) is 9.84 Å². The molecule has 0 saturated carbocycles. The lowest BCUT2D eigenvalue weighted by Gasteiger charge is -2.05. The molecule has 0 atom stereocenters. The number of nitrogens with one attached hydrogen (secondary N) is 1. The molecule has 19 heavy (non-hydrogen) atoms. The van der Waals surface area contributed by atoms with Crippen LogP contribution >= 0.6 is 0 Å². The fourth-order valence-electron chi connectivity index (χ4n) is 1.85. The van der Waals surface area contributed by atoms with Gasteiger partial charge in [0, 0.05) is 6.42 Å². The van der Waals surface area contributed by atoms with Crippen molar-refractivity contribution in [2.45, 2.75) is 32.1 Å². The lowest BCUT2D eigenvalue weighted by Crippen LogP contribution is -2.18.